The van der Waals surface area contributed by atoms with E-state index in [4.69, 9.17) is 0 Å². The highest BCUT2D eigenvalue weighted by Crippen LogP contribution is 2.25. The van der Waals surface area contributed by atoms with Gasteiger partial charge in [-0.25, -0.2) is 0 Å². The van der Waals surface area contributed by atoms with Crippen molar-refractivity contribution in [2.75, 3.05) is 6.61 Å². The van der Waals surface area contributed by atoms with Crippen LogP contribution in [0, 0.1) is 12.8 Å². The molecule has 1 fully saturated rings. The molecule has 1 aliphatic carbocycles. The number of phenolic OH excluding ortho intramolecular Hbond substituents is 1. The molecule has 4 nitrogen and oxygen atoms in total. The van der Waals surface area contributed by atoms with Gasteiger partial charge in [0.15, 0.2) is 0 Å². The number of aryl methyl sites for hydroxylation is 1. The van der Waals surface area contributed by atoms with Crippen molar-refractivity contribution in [1.82, 2.24) is 5.32 Å². The maximum atomic E-state index is 12.1. The SMILES string of the molecule is Cc1cc(C(=O)NC2CCCC2CO)ccc1O. The van der Waals surface area contributed by atoms with Crippen molar-refractivity contribution in [3.8, 4) is 5.75 Å². The van der Waals surface area contributed by atoms with Crippen LogP contribution in [0.3, 0.4) is 0 Å². The molecule has 0 radical (unpaired) electrons. The Balaban J connectivity index is 2.05. The molecule has 0 saturated heterocycles. The predicted octanol–water partition coefficient (Wildman–Crippen LogP) is 1.59. The number of aliphatic hydroxyl groups excluding tert-OH is 1. The van der Waals surface area contributed by atoms with E-state index < -0.39 is 0 Å². The van der Waals surface area contributed by atoms with Gasteiger partial charge in [0.2, 0.25) is 0 Å². The molecule has 0 bridgehead atoms. The first-order chi connectivity index (χ1) is 8.61. The topological polar surface area (TPSA) is 69.6 Å². The Hall–Kier alpha value is -1.55. The predicted molar refractivity (Wildman–Crippen MR) is 68.5 cm³/mol. The van der Waals surface area contributed by atoms with Gasteiger partial charge in [0, 0.05) is 24.1 Å². The van der Waals surface area contributed by atoms with Gasteiger partial charge in [0.25, 0.3) is 5.91 Å². The van der Waals surface area contributed by atoms with Crippen molar-refractivity contribution in [3.63, 3.8) is 0 Å². The van der Waals surface area contributed by atoms with Crippen LogP contribution in [0.1, 0.15) is 35.2 Å². The number of benzene rings is 1. The first-order valence-corrected chi connectivity index (χ1v) is 6.33. The van der Waals surface area contributed by atoms with Crippen LogP contribution in [0.25, 0.3) is 0 Å². The average Bonchev–Trinajstić information content (AvgIpc) is 2.79. The van der Waals surface area contributed by atoms with E-state index in [9.17, 15) is 15.0 Å². The maximum absolute atomic E-state index is 12.1. The number of rotatable bonds is 3. The van der Waals surface area contributed by atoms with Gasteiger partial charge in [0.1, 0.15) is 5.75 Å². The van der Waals surface area contributed by atoms with Gasteiger partial charge in [-0.05, 0) is 43.5 Å². The maximum Gasteiger partial charge on any atom is 0.251 e. The van der Waals surface area contributed by atoms with Gasteiger partial charge in [-0.15, -0.1) is 0 Å². The summed E-state index contributed by atoms with van der Waals surface area (Å²) in [6, 6.07) is 4.88. The third kappa shape index (κ3) is 2.64. The summed E-state index contributed by atoms with van der Waals surface area (Å²) in [5, 5.41) is 21.6. The second-order valence-corrected chi connectivity index (χ2v) is 4.95. The van der Waals surface area contributed by atoms with Crippen molar-refractivity contribution in [2.24, 2.45) is 5.92 Å². The number of aliphatic hydroxyl groups is 1. The molecule has 1 aliphatic rings. The lowest BCUT2D eigenvalue weighted by molar-refractivity contribution is 0.0916. The molecule has 2 atom stereocenters. The Morgan fingerprint density at radius 1 is 1.44 bits per heavy atom. The normalized spacial score (nSPS) is 23.0. The molecule has 3 N–H and O–H groups in total. The van der Waals surface area contributed by atoms with Crippen LogP contribution in [-0.2, 0) is 0 Å². The van der Waals surface area contributed by atoms with Crippen LogP contribution >= 0.6 is 0 Å². The van der Waals surface area contributed by atoms with Crippen molar-refractivity contribution in [3.05, 3.63) is 29.3 Å². The zero-order chi connectivity index (χ0) is 13.1. The smallest absolute Gasteiger partial charge is 0.251 e. The monoisotopic (exact) mass is 249 g/mol. The molecule has 18 heavy (non-hydrogen) atoms. The molecule has 2 rings (SSSR count). The first kappa shape index (κ1) is 12.9. The Bertz CT molecular complexity index is 445. The summed E-state index contributed by atoms with van der Waals surface area (Å²) >= 11 is 0. The second kappa shape index (κ2) is 5.40. The minimum Gasteiger partial charge on any atom is -0.508 e. The van der Waals surface area contributed by atoms with Crippen LogP contribution in [-0.4, -0.2) is 28.8 Å². The van der Waals surface area contributed by atoms with Crippen LogP contribution < -0.4 is 5.32 Å². The fourth-order valence-corrected chi connectivity index (χ4v) is 2.49. The van der Waals surface area contributed by atoms with Crippen LogP contribution in [0.4, 0.5) is 0 Å². The Labute approximate surface area is 107 Å². The zero-order valence-electron chi connectivity index (χ0n) is 10.5. The minimum absolute atomic E-state index is 0.0663. The molecule has 2 unspecified atom stereocenters. The number of amides is 1. The number of phenols is 1. The summed E-state index contributed by atoms with van der Waals surface area (Å²) < 4.78 is 0. The Kier molecular flexibility index (Phi) is 3.87. The van der Waals surface area contributed by atoms with Crippen molar-refractivity contribution < 1.29 is 15.0 Å². The molecular weight excluding hydrogens is 230 g/mol. The van der Waals surface area contributed by atoms with Crippen LogP contribution in [0.15, 0.2) is 18.2 Å². The summed E-state index contributed by atoms with van der Waals surface area (Å²) in [5.74, 6) is 0.233. The Morgan fingerprint density at radius 2 is 2.22 bits per heavy atom. The van der Waals surface area contributed by atoms with E-state index in [0.29, 0.717) is 11.1 Å². The molecule has 0 aliphatic heterocycles. The molecule has 0 heterocycles. The molecule has 1 amide bonds. The summed E-state index contributed by atoms with van der Waals surface area (Å²) in [6.45, 7) is 1.89. The molecule has 1 aromatic rings. The molecule has 0 aromatic heterocycles. The van der Waals surface area contributed by atoms with E-state index in [1.807, 2.05) is 0 Å². The molecule has 4 heteroatoms. The van der Waals surface area contributed by atoms with E-state index in [0.717, 1.165) is 19.3 Å². The van der Waals surface area contributed by atoms with E-state index >= 15 is 0 Å². The first-order valence-electron chi connectivity index (χ1n) is 6.33. The van der Waals surface area contributed by atoms with Crippen molar-refractivity contribution in [1.29, 1.82) is 0 Å². The third-order valence-electron chi connectivity index (χ3n) is 3.67. The minimum atomic E-state index is -0.136. The highest BCUT2D eigenvalue weighted by atomic mass is 16.3. The van der Waals surface area contributed by atoms with Gasteiger partial charge in [-0.2, -0.15) is 0 Å². The van der Waals surface area contributed by atoms with Gasteiger partial charge < -0.3 is 15.5 Å². The molecule has 0 spiro atoms. The fourth-order valence-electron chi connectivity index (χ4n) is 2.49. The van der Waals surface area contributed by atoms with Gasteiger partial charge in [-0.1, -0.05) is 6.42 Å². The number of carbonyl (C=O) groups is 1. The second-order valence-electron chi connectivity index (χ2n) is 4.95. The van der Waals surface area contributed by atoms with E-state index in [1.54, 1.807) is 19.1 Å². The number of hydrogen-bond acceptors (Lipinski definition) is 3. The van der Waals surface area contributed by atoms with E-state index in [2.05, 4.69) is 5.32 Å². The largest absolute Gasteiger partial charge is 0.508 e. The standard InChI is InChI=1S/C14H19NO3/c1-9-7-10(5-6-13(9)17)14(18)15-12-4-2-3-11(12)8-16/h5-7,11-12,16-17H,2-4,8H2,1H3,(H,15,18). The zero-order valence-corrected chi connectivity index (χ0v) is 10.5. The molecule has 1 saturated carbocycles. The van der Waals surface area contributed by atoms with E-state index in [1.165, 1.54) is 6.07 Å². The quantitative estimate of drug-likeness (QED) is 0.762. The van der Waals surface area contributed by atoms with Gasteiger partial charge in [-0.3, -0.25) is 4.79 Å². The summed E-state index contributed by atoms with van der Waals surface area (Å²) in [5.41, 5.74) is 1.24. The lowest BCUT2D eigenvalue weighted by Crippen LogP contribution is -2.38. The number of aromatic hydroxyl groups is 1. The molecule has 1 aromatic carbocycles. The third-order valence-corrected chi connectivity index (χ3v) is 3.67. The summed E-state index contributed by atoms with van der Waals surface area (Å²) in [6.07, 6.45) is 2.94. The van der Waals surface area contributed by atoms with Crippen molar-refractivity contribution in [2.45, 2.75) is 32.2 Å². The lowest BCUT2D eigenvalue weighted by Gasteiger charge is -2.19. The number of nitrogens with one attached hydrogen (secondary N) is 1. The highest BCUT2D eigenvalue weighted by molar-refractivity contribution is 5.94. The number of carbonyl (C=O) groups excluding carboxylic acids is 1. The van der Waals surface area contributed by atoms with Gasteiger partial charge >= 0.3 is 0 Å². The van der Waals surface area contributed by atoms with Crippen LogP contribution in [0.5, 0.6) is 5.75 Å². The molecule has 98 valence electrons. The van der Waals surface area contributed by atoms with Crippen molar-refractivity contribution >= 4 is 5.91 Å². The average molecular weight is 249 g/mol. The van der Waals surface area contributed by atoms with E-state index in [-0.39, 0.29) is 30.2 Å². The van der Waals surface area contributed by atoms with Gasteiger partial charge in [0.05, 0.1) is 0 Å². The van der Waals surface area contributed by atoms with Crippen LogP contribution in [0.2, 0.25) is 0 Å². The highest BCUT2D eigenvalue weighted by Gasteiger charge is 2.28. The lowest BCUT2D eigenvalue weighted by atomic mass is 10.0. The fraction of sp³-hybridized carbons (Fsp3) is 0.500. The molecular formula is C14H19NO3. The summed E-state index contributed by atoms with van der Waals surface area (Å²) in [7, 11) is 0. The Morgan fingerprint density at radius 3 is 2.89 bits per heavy atom. The summed E-state index contributed by atoms with van der Waals surface area (Å²) in [4.78, 5) is 12.1. The number of hydrogen-bond donors (Lipinski definition) is 3.